The van der Waals surface area contributed by atoms with E-state index in [4.69, 9.17) is 9.52 Å². The van der Waals surface area contributed by atoms with E-state index in [0.717, 1.165) is 19.4 Å². The molecule has 0 spiro atoms. The maximum Gasteiger partial charge on any atom is 0.357 e. The summed E-state index contributed by atoms with van der Waals surface area (Å²) >= 11 is 0. The fraction of sp³-hybridized carbons (Fsp3) is 0.333. The van der Waals surface area contributed by atoms with Crippen LogP contribution in [0.2, 0.25) is 0 Å². The fourth-order valence-electron chi connectivity index (χ4n) is 2.06. The lowest BCUT2D eigenvalue weighted by molar-refractivity contribution is 0.0690. The summed E-state index contributed by atoms with van der Waals surface area (Å²) in [6.07, 6.45) is 4.58. The minimum Gasteiger partial charge on any atom is -0.476 e. The van der Waals surface area contributed by atoms with E-state index in [2.05, 4.69) is 19.9 Å². The van der Waals surface area contributed by atoms with Crippen molar-refractivity contribution in [2.75, 3.05) is 36.0 Å². The Morgan fingerprint density at radius 2 is 1.80 bits per heavy atom. The Kier molecular flexibility index (Phi) is 3.20. The van der Waals surface area contributed by atoms with Gasteiger partial charge in [-0.3, -0.25) is 0 Å². The van der Waals surface area contributed by atoms with Crippen molar-refractivity contribution in [3.8, 4) is 0 Å². The molecule has 3 rings (SSSR count). The summed E-state index contributed by atoms with van der Waals surface area (Å²) in [5.74, 6) is -0.387. The van der Waals surface area contributed by atoms with Gasteiger partial charge in [-0.1, -0.05) is 0 Å². The molecule has 8 nitrogen and oxygen atoms in total. The third kappa shape index (κ3) is 2.40. The topological polar surface area (TPSA) is 95.6 Å². The zero-order valence-corrected chi connectivity index (χ0v) is 10.6. The van der Waals surface area contributed by atoms with Gasteiger partial charge in [-0.05, 0) is 6.07 Å². The average molecular weight is 275 g/mol. The number of hydrogen-bond acceptors (Lipinski definition) is 7. The highest BCUT2D eigenvalue weighted by atomic mass is 16.4. The lowest BCUT2D eigenvalue weighted by Gasteiger charge is -2.33. The van der Waals surface area contributed by atoms with Crippen molar-refractivity contribution in [2.45, 2.75) is 0 Å². The molecule has 0 amide bonds. The zero-order valence-electron chi connectivity index (χ0n) is 10.6. The van der Waals surface area contributed by atoms with Crippen molar-refractivity contribution in [3.05, 3.63) is 30.4 Å². The van der Waals surface area contributed by atoms with Crippen LogP contribution in [0.25, 0.3) is 0 Å². The quantitative estimate of drug-likeness (QED) is 0.864. The van der Waals surface area contributed by atoms with Crippen molar-refractivity contribution in [3.63, 3.8) is 0 Å². The Hall–Kier alpha value is -2.64. The molecular weight excluding hydrogens is 262 g/mol. The standard InChI is InChI=1S/C12H13N5O3/c18-10(19)9-8-20-12(15-9)17-6-4-16(5-7-17)11-13-2-1-3-14-11/h1-3,8H,4-7H2,(H,18,19). The van der Waals surface area contributed by atoms with Crippen LogP contribution in [0.1, 0.15) is 10.5 Å². The van der Waals surface area contributed by atoms with E-state index in [1.54, 1.807) is 18.5 Å². The van der Waals surface area contributed by atoms with Crippen molar-refractivity contribution < 1.29 is 14.3 Å². The maximum absolute atomic E-state index is 10.8. The summed E-state index contributed by atoms with van der Waals surface area (Å²) in [4.78, 5) is 27.1. The van der Waals surface area contributed by atoms with Crippen LogP contribution in [0.5, 0.6) is 0 Å². The van der Waals surface area contributed by atoms with E-state index in [1.807, 2.05) is 4.90 Å². The van der Waals surface area contributed by atoms with E-state index in [0.29, 0.717) is 25.1 Å². The predicted octanol–water partition coefficient (Wildman–Crippen LogP) is 0.489. The maximum atomic E-state index is 10.8. The molecule has 1 aliphatic heterocycles. The van der Waals surface area contributed by atoms with Gasteiger partial charge in [0.25, 0.3) is 6.01 Å². The van der Waals surface area contributed by atoms with Crippen LogP contribution in [0.15, 0.2) is 29.1 Å². The summed E-state index contributed by atoms with van der Waals surface area (Å²) in [5.41, 5.74) is -0.0752. The molecule has 3 heterocycles. The van der Waals surface area contributed by atoms with Crippen molar-refractivity contribution in [1.29, 1.82) is 0 Å². The second-order valence-electron chi connectivity index (χ2n) is 4.34. The van der Waals surface area contributed by atoms with E-state index in [1.165, 1.54) is 0 Å². The van der Waals surface area contributed by atoms with Gasteiger partial charge in [0, 0.05) is 38.6 Å². The van der Waals surface area contributed by atoms with Gasteiger partial charge in [0.15, 0.2) is 5.69 Å². The lowest BCUT2D eigenvalue weighted by atomic mass is 10.3. The highest BCUT2D eigenvalue weighted by Crippen LogP contribution is 2.17. The number of aromatic carboxylic acids is 1. The molecule has 1 aliphatic rings. The summed E-state index contributed by atoms with van der Waals surface area (Å²) in [6, 6.07) is 2.12. The molecule has 0 radical (unpaired) electrons. The molecule has 0 bridgehead atoms. The first-order valence-electron chi connectivity index (χ1n) is 6.20. The van der Waals surface area contributed by atoms with Crippen molar-refractivity contribution in [1.82, 2.24) is 15.0 Å². The number of carbonyl (C=O) groups is 1. The number of anilines is 2. The Balaban J connectivity index is 1.65. The minimum atomic E-state index is -1.09. The highest BCUT2D eigenvalue weighted by Gasteiger charge is 2.22. The minimum absolute atomic E-state index is 0.0752. The van der Waals surface area contributed by atoms with E-state index >= 15 is 0 Å². The first-order valence-corrected chi connectivity index (χ1v) is 6.20. The number of oxazole rings is 1. The van der Waals surface area contributed by atoms with Crippen molar-refractivity contribution in [2.24, 2.45) is 0 Å². The van der Waals surface area contributed by atoms with Gasteiger partial charge in [0.1, 0.15) is 6.26 Å². The number of carboxylic acids is 1. The Morgan fingerprint density at radius 3 is 2.40 bits per heavy atom. The van der Waals surface area contributed by atoms with Crippen LogP contribution in [-0.2, 0) is 0 Å². The summed E-state index contributed by atoms with van der Waals surface area (Å²) in [7, 11) is 0. The smallest absolute Gasteiger partial charge is 0.357 e. The summed E-state index contributed by atoms with van der Waals surface area (Å²) in [6.45, 7) is 2.82. The van der Waals surface area contributed by atoms with Gasteiger partial charge in [-0.2, -0.15) is 4.98 Å². The first-order chi connectivity index (χ1) is 9.74. The molecule has 0 unspecified atom stereocenters. The van der Waals surface area contributed by atoms with Gasteiger partial charge in [0.2, 0.25) is 5.95 Å². The van der Waals surface area contributed by atoms with Crippen LogP contribution in [0.4, 0.5) is 12.0 Å². The van der Waals surface area contributed by atoms with Crippen LogP contribution in [0, 0.1) is 0 Å². The lowest BCUT2D eigenvalue weighted by Crippen LogP contribution is -2.47. The number of rotatable bonds is 3. The molecule has 8 heteroatoms. The molecule has 104 valence electrons. The van der Waals surface area contributed by atoms with E-state index in [-0.39, 0.29) is 5.69 Å². The average Bonchev–Trinajstić information content (AvgIpc) is 2.98. The number of hydrogen-bond donors (Lipinski definition) is 1. The number of nitrogens with zero attached hydrogens (tertiary/aromatic N) is 5. The third-order valence-corrected chi connectivity index (χ3v) is 3.10. The molecular formula is C12H13N5O3. The third-order valence-electron chi connectivity index (χ3n) is 3.10. The summed E-state index contributed by atoms with van der Waals surface area (Å²) < 4.78 is 5.19. The van der Waals surface area contributed by atoms with E-state index in [9.17, 15) is 4.79 Å². The van der Waals surface area contributed by atoms with Gasteiger partial charge in [-0.15, -0.1) is 0 Å². The second kappa shape index (κ2) is 5.16. The van der Waals surface area contributed by atoms with Gasteiger partial charge in [0.05, 0.1) is 0 Å². The molecule has 0 aliphatic carbocycles. The first kappa shape index (κ1) is 12.4. The molecule has 1 saturated heterocycles. The van der Waals surface area contributed by atoms with Crippen LogP contribution in [-0.4, -0.2) is 52.2 Å². The molecule has 0 atom stereocenters. The molecule has 2 aromatic rings. The molecule has 0 aromatic carbocycles. The number of piperazine rings is 1. The number of aromatic nitrogens is 3. The molecule has 1 N–H and O–H groups in total. The highest BCUT2D eigenvalue weighted by molar-refractivity contribution is 5.85. The molecule has 20 heavy (non-hydrogen) atoms. The molecule has 1 fully saturated rings. The Bertz CT molecular complexity index is 592. The molecule has 2 aromatic heterocycles. The summed E-state index contributed by atoms with van der Waals surface area (Å²) in [5, 5.41) is 8.82. The second-order valence-corrected chi connectivity index (χ2v) is 4.34. The predicted molar refractivity (Wildman–Crippen MR) is 69.9 cm³/mol. The fourth-order valence-corrected chi connectivity index (χ4v) is 2.06. The molecule has 0 saturated carbocycles. The largest absolute Gasteiger partial charge is 0.476 e. The van der Waals surface area contributed by atoms with Crippen molar-refractivity contribution >= 4 is 17.9 Å². The normalized spacial score (nSPS) is 15.4. The van der Waals surface area contributed by atoms with Crippen LogP contribution < -0.4 is 9.80 Å². The number of carboxylic acid groups (broad SMARTS) is 1. The van der Waals surface area contributed by atoms with E-state index < -0.39 is 5.97 Å². The zero-order chi connectivity index (χ0) is 13.9. The van der Waals surface area contributed by atoms with Crippen LogP contribution in [0.3, 0.4) is 0 Å². The van der Waals surface area contributed by atoms with Gasteiger partial charge >= 0.3 is 5.97 Å². The van der Waals surface area contributed by atoms with Gasteiger partial charge in [-0.25, -0.2) is 14.8 Å². The SMILES string of the molecule is O=C(O)c1coc(N2CCN(c3ncccn3)CC2)n1. The van der Waals surface area contributed by atoms with Gasteiger partial charge < -0.3 is 19.3 Å². The Morgan fingerprint density at radius 1 is 1.15 bits per heavy atom. The Labute approximate surface area is 114 Å². The monoisotopic (exact) mass is 275 g/mol. The van der Waals surface area contributed by atoms with Crippen LogP contribution >= 0.6 is 0 Å².